The van der Waals surface area contributed by atoms with Crippen molar-refractivity contribution in [2.75, 3.05) is 20.2 Å². The fraction of sp³-hybridized carbons (Fsp3) is 0.318. The van der Waals surface area contributed by atoms with Crippen LogP contribution in [-0.2, 0) is 6.54 Å². The molecule has 4 rings (SSSR count). The maximum absolute atomic E-state index is 14.1. The van der Waals surface area contributed by atoms with E-state index in [1.54, 1.807) is 31.5 Å². The highest BCUT2D eigenvalue weighted by Crippen LogP contribution is 2.28. The van der Waals surface area contributed by atoms with Crippen molar-refractivity contribution in [1.29, 1.82) is 0 Å². The molecule has 29 heavy (non-hydrogen) atoms. The lowest BCUT2D eigenvalue weighted by Gasteiger charge is -2.31. The SMILES string of the molecule is COc1ccc(F)c(CN2CCC(c3cc(=O)[nH]c(-c4ccccn4)n3)CC2)c1. The Balaban J connectivity index is 1.45. The minimum atomic E-state index is -0.218. The zero-order valence-corrected chi connectivity index (χ0v) is 16.3. The molecule has 1 aromatic carbocycles. The molecular weight excluding hydrogens is 371 g/mol. The average molecular weight is 394 g/mol. The molecule has 2 aromatic heterocycles. The molecule has 1 saturated heterocycles. The zero-order chi connectivity index (χ0) is 20.2. The van der Waals surface area contributed by atoms with Crippen LogP contribution in [0.2, 0.25) is 0 Å². The van der Waals surface area contributed by atoms with Gasteiger partial charge in [-0.2, -0.15) is 0 Å². The van der Waals surface area contributed by atoms with Gasteiger partial charge in [-0.15, -0.1) is 0 Å². The number of likely N-dealkylation sites (tertiary alicyclic amines) is 1. The number of pyridine rings is 1. The number of piperidine rings is 1. The first-order chi connectivity index (χ1) is 14.1. The lowest BCUT2D eigenvalue weighted by atomic mass is 9.93. The largest absolute Gasteiger partial charge is 0.497 e. The number of ether oxygens (including phenoxy) is 1. The van der Waals surface area contributed by atoms with Crippen LogP contribution in [0.15, 0.2) is 53.5 Å². The van der Waals surface area contributed by atoms with Crippen LogP contribution in [0.4, 0.5) is 4.39 Å². The molecule has 1 aliphatic heterocycles. The molecule has 0 spiro atoms. The summed E-state index contributed by atoms with van der Waals surface area (Å²) in [5.74, 6) is 1.13. The number of benzene rings is 1. The third-order valence-electron chi connectivity index (χ3n) is 5.32. The first kappa shape index (κ1) is 19.3. The molecule has 0 unspecified atom stereocenters. The molecule has 1 N–H and O–H groups in total. The zero-order valence-electron chi connectivity index (χ0n) is 16.3. The Morgan fingerprint density at radius 2 is 2.03 bits per heavy atom. The van der Waals surface area contributed by atoms with Crippen molar-refractivity contribution in [2.24, 2.45) is 0 Å². The van der Waals surface area contributed by atoms with Gasteiger partial charge in [0.2, 0.25) is 0 Å². The molecule has 0 amide bonds. The Hall–Kier alpha value is -3.06. The Bertz CT molecular complexity index is 1030. The van der Waals surface area contributed by atoms with Crippen LogP contribution in [-0.4, -0.2) is 40.1 Å². The van der Waals surface area contributed by atoms with Gasteiger partial charge in [0.25, 0.3) is 5.56 Å². The van der Waals surface area contributed by atoms with E-state index in [4.69, 9.17) is 4.74 Å². The Kier molecular flexibility index (Phi) is 5.67. The van der Waals surface area contributed by atoms with Gasteiger partial charge in [0.05, 0.1) is 12.8 Å². The van der Waals surface area contributed by atoms with Crippen molar-refractivity contribution in [2.45, 2.75) is 25.3 Å². The number of nitrogens with zero attached hydrogens (tertiary/aromatic N) is 3. The first-order valence-corrected chi connectivity index (χ1v) is 9.70. The second kappa shape index (κ2) is 8.53. The number of methoxy groups -OCH3 is 1. The van der Waals surface area contributed by atoms with E-state index in [9.17, 15) is 9.18 Å². The molecule has 150 valence electrons. The topological polar surface area (TPSA) is 71.1 Å². The van der Waals surface area contributed by atoms with Crippen LogP contribution in [0.5, 0.6) is 5.75 Å². The fourth-order valence-electron chi connectivity index (χ4n) is 3.74. The summed E-state index contributed by atoms with van der Waals surface area (Å²) in [5.41, 5.74) is 1.91. The summed E-state index contributed by atoms with van der Waals surface area (Å²) < 4.78 is 19.3. The van der Waals surface area contributed by atoms with E-state index >= 15 is 0 Å². The summed E-state index contributed by atoms with van der Waals surface area (Å²) in [5, 5.41) is 0. The normalized spacial score (nSPS) is 15.4. The van der Waals surface area contributed by atoms with Gasteiger partial charge in [-0.1, -0.05) is 6.07 Å². The van der Waals surface area contributed by atoms with Gasteiger partial charge in [0.1, 0.15) is 17.3 Å². The molecule has 7 heteroatoms. The number of H-pyrrole nitrogens is 1. The van der Waals surface area contributed by atoms with Crippen molar-refractivity contribution in [3.63, 3.8) is 0 Å². The number of hydrogen-bond acceptors (Lipinski definition) is 5. The van der Waals surface area contributed by atoms with Crippen molar-refractivity contribution in [3.8, 4) is 17.3 Å². The number of hydrogen-bond donors (Lipinski definition) is 1. The van der Waals surface area contributed by atoms with E-state index in [1.807, 2.05) is 18.2 Å². The van der Waals surface area contributed by atoms with Crippen LogP contribution in [0.1, 0.15) is 30.0 Å². The van der Waals surface area contributed by atoms with Crippen molar-refractivity contribution < 1.29 is 9.13 Å². The quantitative estimate of drug-likeness (QED) is 0.719. The number of aromatic nitrogens is 3. The highest BCUT2D eigenvalue weighted by Gasteiger charge is 2.23. The molecule has 6 nitrogen and oxygen atoms in total. The fourth-order valence-corrected chi connectivity index (χ4v) is 3.74. The third kappa shape index (κ3) is 4.51. The summed E-state index contributed by atoms with van der Waals surface area (Å²) in [7, 11) is 1.58. The lowest BCUT2D eigenvalue weighted by Crippen LogP contribution is -2.33. The summed E-state index contributed by atoms with van der Waals surface area (Å²) in [4.78, 5) is 26.1. The van der Waals surface area contributed by atoms with E-state index in [2.05, 4.69) is 19.9 Å². The number of rotatable bonds is 5. The summed E-state index contributed by atoms with van der Waals surface area (Å²) in [6.07, 6.45) is 3.41. The molecule has 0 aliphatic carbocycles. The molecule has 0 bridgehead atoms. The monoisotopic (exact) mass is 394 g/mol. The van der Waals surface area contributed by atoms with Crippen LogP contribution in [0, 0.1) is 5.82 Å². The van der Waals surface area contributed by atoms with Gasteiger partial charge in [0, 0.05) is 30.3 Å². The summed E-state index contributed by atoms with van der Waals surface area (Å²) in [6, 6.07) is 11.9. The van der Waals surface area contributed by atoms with Gasteiger partial charge < -0.3 is 9.72 Å². The molecule has 0 atom stereocenters. The minimum Gasteiger partial charge on any atom is -0.497 e. The second-order valence-electron chi connectivity index (χ2n) is 7.24. The smallest absolute Gasteiger partial charge is 0.251 e. The van der Waals surface area contributed by atoms with Gasteiger partial charge in [0.15, 0.2) is 5.82 Å². The average Bonchev–Trinajstić information content (AvgIpc) is 2.76. The molecule has 0 radical (unpaired) electrons. The standard InChI is InChI=1S/C22H23FN4O2/c1-29-17-5-6-18(23)16(12-17)14-27-10-7-15(8-11-27)20-13-21(28)26-22(25-20)19-4-2-3-9-24-19/h2-6,9,12-13,15H,7-8,10-11,14H2,1H3,(H,25,26,28). The Morgan fingerprint density at radius 1 is 1.21 bits per heavy atom. The van der Waals surface area contributed by atoms with Crippen LogP contribution >= 0.6 is 0 Å². The highest BCUT2D eigenvalue weighted by molar-refractivity contribution is 5.48. The van der Waals surface area contributed by atoms with Crippen LogP contribution in [0.3, 0.4) is 0 Å². The van der Waals surface area contributed by atoms with Crippen molar-refractivity contribution in [3.05, 3.63) is 76.1 Å². The summed E-state index contributed by atoms with van der Waals surface area (Å²) in [6.45, 7) is 2.17. The van der Waals surface area contributed by atoms with Crippen molar-refractivity contribution in [1.82, 2.24) is 19.9 Å². The Morgan fingerprint density at radius 3 is 2.76 bits per heavy atom. The highest BCUT2D eigenvalue weighted by atomic mass is 19.1. The van der Waals surface area contributed by atoms with E-state index in [0.29, 0.717) is 29.4 Å². The number of aromatic amines is 1. The molecule has 3 aromatic rings. The number of halogens is 1. The van der Waals surface area contributed by atoms with Gasteiger partial charge in [-0.05, 0) is 56.3 Å². The van der Waals surface area contributed by atoms with Gasteiger partial charge >= 0.3 is 0 Å². The maximum atomic E-state index is 14.1. The molecular formula is C22H23FN4O2. The molecule has 3 heterocycles. The second-order valence-corrected chi connectivity index (χ2v) is 7.24. The predicted octanol–water partition coefficient (Wildman–Crippen LogP) is 3.36. The Labute approximate surface area is 168 Å². The van der Waals surface area contributed by atoms with E-state index in [0.717, 1.165) is 31.6 Å². The number of nitrogens with one attached hydrogen (secondary N) is 1. The molecule has 1 fully saturated rings. The molecule has 0 saturated carbocycles. The van der Waals surface area contributed by atoms with E-state index < -0.39 is 0 Å². The predicted molar refractivity (Wildman–Crippen MR) is 108 cm³/mol. The van der Waals surface area contributed by atoms with Crippen LogP contribution < -0.4 is 10.3 Å². The van der Waals surface area contributed by atoms with Crippen LogP contribution in [0.25, 0.3) is 11.5 Å². The van der Waals surface area contributed by atoms with Gasteiger partial charge in [-0.25, -0.2) is 9.37 Å². The van der Waals surface area contributed by atoms with E-state index in [1.165, 1.54) is 6.07 Å². The summed E-state index contributed by atoms with van der Waals surface area (Å²) >= 11 is 0. The minimum absolute atomic E-state index is 0.170. The maximum Gasteiger partial charge on any atom is 0.251 e. The first-order valence-electron chi connectivity index (χ1n) is 9.70. The molecule has 1 aliphatic rings. The van der Waals surface area contributed by atoms with E-state index in [-0.39, 0.29) is 17.3 Å². The van der Waals surface area contributed by atoms with Gasteiger partial charge in [-0.3, -0.25) is 14.7 Å². The van der Waals surface area contributed by atoms with Crippen molar-refractivity contribution >= 4 is 0 Å². The lowest BCUT2D eigenvalue weighted by molar-refractivity contribution is 0.201. The third-order valence-corrected chi connectivity index (χ3v) is 5.32.